The van der Waals surface area contributed by atoms with E-state index in [9.17, 15) is 19.8 Å². The van der Waals surface area contributed by atoms with Crippen molar-refractivity contribution in [3.8, 4) is 0 Å². The summed E-state index contributed by atoms with van der Waals surface area (Å²) >= 11 is 0. The number of hydrogen-bond acceptors (Lipinski definition) is 5. The molecule has 1 amide bonds. The quantitative estimate of drug-likeness (QED) is 0.0320. The molecule has 0 radical (unpaired) electrons. The summed E-state index contributed by atoms with van der Waals surface area (Å²) in [5.41, 5.74) is 0. The summed E-state index contributed by atoms with van der Waals surface area (Å²) in [6.07, 6.45) is 98.0. The van der Waals surface area contributed by atoms with Crippen molar-refractivity contribution in [1.82, 2.24) is 5.32 Å². The van der Waals surface area contributed by atoms with Gasteiger partial charge in [-0.3, -0.25) is 9.59 Å². The average molecular weight is 1210 g/mol. The first-order valence-corrected chi connectivity index (χ1v) is 39.2. The number of aliphatic hydroxyl groups is 2. The van der Waals surface area contributed by atoms with E-state index in [0.717, 1.165) is 51.4 Å². The van der Waals surface area contributed by atoms with Gasteiger partial charge < -0.3 is 20.3 Å². The normalized spacial score (nSPS) is 12.7. The highest BCUT2D eigenvalue weighted by molar-refractivity contribution is 5.76. The minimum atomic E-state index is -0.666. The Hall–Kier alpha value is -1.92. The molecule has 0 aliphatic rings. The van der Waals surface area contributed by atoms with Crippen LogP contribution in [0.5, 0.6) is 0 Å². The van der Waals surface area contributed by atoms with Crippen molar-refractivity contribution in [3.05, 3.63) is 36.5 Å². The fourth-order valence-electron chi connectivity index (χ4n) is 12.4. The lowest BCUT2D eigenvalue weighted by molar-refractivity contribution is -0.143. The molecule has 0 bridgehead atoms. The van der Waals surface area contributed by atoms with Crippen molar-refractivity contribution in [1.29, 1.82) is 0 Å². The Morgan fingerprint density at radius 2 is 0.581 bits per heavy atom. The lowest BCUT2D eigenvalue weighted by atomic mass is 10.0. The third-order valence-electron chi connectivity index (χ3n) is 18.4. The van der Waals surface area contributed by atoms with E-state index in [-0.39, 0.29) is 18.5 Å². The molecule has 0 aromatic rings. The van der Waals surface area contributed by atoms with Crippen LogP contribution in [-0.2, 0) is 14.3 Å². The summed E-state index contributed by atoms with van der Waals surface area (Å²) < 4.78 is 5.49. The standard InChI is InChI=1S/C80H153NO5/c1-3-5-7-9-11-13-15-17-19-21-22-23-35-38-41-44-48-52-56-60-64-68-72-78(83)77(76-82)81-79(84)73-69-65-61-57-53-49-45-42-39-36-33-31-29-27-25-24-26-28-30-32-34-37-40-43-47-51-55-59-63-67-71-75-86-80(85)74-70-66-62-58-54-50-46-20-18-16-14-12-10-8-6-4-2/h20,26,28,32,34,46,77-78,82-83H,3-19,21-25,27,29-31,33,35-45,47-76H2,1-2H3,(H,81,84)/b28-26-,34-32-,46-20-. The van der Waals surface area contributed by atoms with Gasteiger partial charge in [-0.25, -0.2) is 0 Å². The van der Waals surface area contributed by atoms with Crippen LogP contribution in [0.2, 0.25) is 0 Å². The van der Waals surface area contributed by atoms with Gasteiger partial charge in [0.25, 0.3) is 0 Å². The molecular weight excluding hydrogens is 1050 g/mol. The van der Waals surface area contributed by atoms with Gasteiger partial charge in [0.05, 0.1) is 25.4 Å². The minimum Gasteiger partial charge on any atom is -0.466 e. The highest BCUT2D eigenvalue weighted by atomic mass is 16.5. The molecule has 508 valence electrons. The van der Waals surface area contributed by atoms with Crippen molar-refractivity contribution in [2.45, 2.75) is 450 Å². The molecule has 6 heteroatoms. The van der Waals surface area contributed by atoms with E-state index in [0.29, 0.717) is 25.9 Å². The molecule has 0 saturated carbocycles. The number of allylic oxidation sites excluding steroid dienone is 6. The first-order valence-electron chi connectivity index (χ1n) is 39.2. The molecule has 0 spiro atoms. The van der Waals surface area contributed by atoms with Gasteiger partial charge in [0.1, 0.15) is 0 Å². The Kier molecular flexibility index (Phi) is 73.9. The summed E-state index contributed by atoms with van der Waals surface area (Å²) in [6.45, 7) is 4.99. The fourth-order valence-corrected chi connectivity index (χ4v) is 12.4. The number of aliphatic hydroxyl groups excluding tert-OH is 2. The van der Waals surface area contributed by atoms with E-state index >= 15 is 0 Å². The van der Waals surface area contributed by atoms with E-state index in [4.69, 9.17) is 4.74 Å². The second-order valence-corrected chi connectivity index (χ2v) is 27.0. The zero-order valence-corrected chi connectivity index (χ0v) is 58.3. The number of nitrogens with one attached hydrogen (secondary N) is 1. The fraction of sp³-hybridized carbons (Fsp3) is 0.900. The highest BCUT2D eigenvalue weighted by Crippen LogP contribution is 2.19. The second kappa shape index (κ2) is 75.5. The van der Waals surface area contributed by atoms with E-state index in [2.05, 4.69) is 55.6 Å². The van der Waals surface area contributed by atoms with Gasteiger partial charge in [-0.15, -0.1) is 0 Å². The van der Waals surface area contributed by atoms with Gasteiger partial charge in [-0.05, 0) is 83.5 Å². The van der Waals surface area contributed by atoms with Gasteiger partial charge in [0.15, 0.2) is 0 Å². The zero-order chi connectivity index (χ0) is 62.0. The number of carbonyl (C=O) groups excluding carboxylic acids is 2. The predicted octanol–water partition coefficient (Wildman–Crippen LogP) is 25.8. The molecule has 2 atom stereocenters. The van der Waals surface area contributed by atoms with Crippen molar-refractivity contribution in [2.24, 2.45) is 0 Å². The van der Waals surface area contributed by atoms with Gasteiger partial charge in [-0.1, -0.05) is 378 Å². The lowest BCUT2D eigenvalue weighted by Crippen LogP contribution is -2.45. The molecule has 0 fully saturated rings. The second-order valence-electron chi connectivity index (χ2n) is 27.0. The molecule has 0 aliphatic carbocycles. The summed E-state index contributed by atoms with van der Waals surface area (Å²) in [6, 6.07) is -0.543. The number of unbranched alkanes of at least 4 members (excludes halogenated alkanes) is 57. The minimum absolute atomic E-state index is 0.00657. The summed E-state index contributed by atoms with van der Waals surface area (Å²) in [7, 11) is 0. The Morgan fingerprint density at radius 1 is 0.326 bits per heavy atom. The number of esters is 1. The topological polar surface area (TPSA) is 95.9 Å². The third kappa shape index (κ3) is 71.2. The van der Waals surface area contributed by atoms with Crippen LogP contribution in [0, 0.1) is 0 Å². The Morgan fingerprint density at radius 3 is 0.895 bits per heavy atom. The molecule has 3 N–H and O–H groups in total. The maximum absolute atomic E-state index is 12.6. The van der Waals surface area contributed by atoms with Crippen molar-refractivity contribution in [3.63, 3.8) is 0 Å². The number of ether oxygens (including phenoxy) is 1. The van der Waals surface area contributed by atoms with Gasteiger partial charge in [-0.2, -0.15) is 0 Å². The Bertz CT molecular complexity index is 1390. The van der Waals surface area contributed by atoms with Crippen LogP contribution in [-0.4, -0.2) is 47.4 Å². The molecule has 0 saturated heterocycles. The van der Waals surface area contributed by atoms with Crippen molar-refractivity contribution < 1.29 is 24.5 Å². The summed E-state index contributed by atoms with van der Waals surface area (Å²) in [5.74, 6) is -0.0229. The van der Waals surface area contributed by atoms with Gasteiger partial charge in [0, 0.05) is 12.8 Å². The Balaban J connectivity index is 3.39. The van der Waals surface area contributed by atoms with Gasteiger partial charge in [0.2, 0.25) is 5.91 Å². The summed E-state index contributed by atoms with van der Waals surface area (Å²) in [5, 5.41) is 23.5. The average Bonchev–Trinajstić information content (AvgIpc) is 3.54. The molecule has 0 rings (SSSR count). The molecular formula is C80H153NO5. The number of amides is 1. The zero-order valence-electron chi connectivity index (χ0n) is 58.3. The SMILES string of the molecule is CCCCCCCCC/C=C\CCCCCCCC(=O)OCCCCCCCCCCC/C=C\C/C=C\CCCCCCCCCCCCCCCCCC(=O)NC(CO)C(O)CCCCCCCCCCCCCCCCCCCCCCCC. The third-order valence-corrected chi connectivity index (χ3v) is 18.4. The van der Waals surface area contributed by atoms with E-state index in [1.165, 1.54) is 353 Å². The Labute approximate surface area is 538 Å². The first kappa shape index (κ1) is 84.1. The molecule has 0 heterocycles. The smallest absolute Gasteiger partial charge is 0.305 e. The monoisotopic (exact) mass is 1210 g/mol. The van der Waals surface area contributed by atoms with Crippen LogP contribution in [0.25, 0.3) is 0 Å². The summed E-state index contributed by atoms with van der Waals surface area (Å²) in [4.78, 5) is 24.7. The predicted molar refractivity (Wildman–Crippen MR) is 379 cm³/mol. The van der Waals surface area contributed by atoms with E-state index in [1.54, 1.807) is 0 Å². The lowest BCUT2D eigenvalue weighted by Gasteiger charge is -2.22. The molecule has 2 unspecified atom stereocenters. The van der Waals surface area contributed by atoms with Gasteiger partial charge >= 0.3 is 5.97 Å². The number of carbonyl (C=O) groups is 2. The molecule has 6 nitrogen and oxygen atoms in total. The van der Waals surface area contributed by atoms with Crippen molar-refractivity contribution in [2.75, 3.05) is 13.2 Å². The molecule has 0 aliphatic heterocycles. The number of hydrogen-bond donors (Lipinski definition) is 3. The molecule has 0 aromatic heterocycles. The highest BCUT2D eigenvalue weighted by Gasteiger charge is 2.20. The maximum Gasteiger partial charge on any atom is 0.305 e. The van der Waals surface area contributed by atoms with Crippen LogP contribution in [0.15, 0.2) is 36.5 Å². The van der Waals surface area contributed by atoms with E-state index in [1.807, 2.05) is 0 Å². The van der Waals surface area contributed by atoms with Crippen molar-refractivity contribution >= 4 is 11.9 Å². The molecule has 0 aromatic carbocycles. The van der Waals surface area contributed by atoms with Crippen LogP contribution >= 0.6 is 0 Å². The van der Waals surface area contributed by atoms with E-state index < -0.39 is 12.1 Å². The van der Waals surface area contributed by atoms with Crippen LogP contribution in [0.4, 0.5) is 0 Å². The molecule has 86 heavy (non-hydrogen) atoms. The van der Waals surface area contributed by atoms with Crippen LogP contribution < -0.4 is 5.32 Å². The number of rotatable bonds is 74. The van der Waals surface area contributed by atoms with Crippen LogP contribution in [0.3, 0.4) is 0 Å². The first-order chi connectivity index (χ1) is 42.5. The largest absolute Gasteiger partial charge is 0.466 e. The maximum atomic E-state index is 12.6. The van der Waals surface area contributed by atoms with Crippen LogP contribution in [0.1, 0.15) is 438 Å².